The van der Waals surface area contributed by atoms with Crippen molar-refractivity contribution >= 4 is 35.0 Å². The standard InChI is InChI=1S/C25H23ClN4O2S/c1-3-17-7-4-5-10-22(17)27-23(31)16-33-25-29-28-24(18-8-6-9-21(15-18)32-2)30(25)20-13-11-19(26)12-14-20/h4-15H,3,16H2,1-2H3,(H,27,31). The third-order valence-electron chi connectivity index (χ3n) is 5.05. The number of methoxy groups -OCH3 is 1. The number of hydrogen-bond donors (Lipinski definition) is 1. The van der Waals surface area contributed by atoms with Crippen LogP contribution in [-0.4, -0.2) is 33.5 Å². The molecule has 3 aromatic carbocycles. The second kappa shape index (κ2) is 10.6. The van der Waals surface area contributed by atoms with Crippen LogP contribution in [0.5, 0.6) is 5.75 Å². The summed E-state index contributed by atoms with van der Waals surface area (Å²) < 4.78 is 7.29. The molecule has 0 unspecified atom stereocenters. The molecular weight excluding hydrogens is 456 g/mol. The van der Waals surface area contributed by atoms with Crippen LogP contribution in [0, 0.1) is 0 Å². The summed E-state index contributed by atoms with van der Waals surface area (Å²) in [5.41, 5.74) is 3.63. The maximum Gasteiger partial charge on any atom is 0.234 e. The molecule has 0 aliphatic rings. The zero-order valence-corrected chi connectivity index (χ0v) is 19.9. The fourth-order valence-corrected chi connectivity index (χ4v) is 4.28. The summed E-state index contributed by atoms with van der Waals surface area (Å²) >= 11 is 7.42. The van der Waals surface area contributed by atoms with E-state index in [0.29, 0.717) is 16.0 Å². The van der Waals surface area contributed by atoms with E-state index in [1.54, 1.807) is 7.11 Å². The van der Waals surface area contributed by atoms with Gasteiger partial charge in [-0.2, -0.15) is 0 Å². The fourth-order valence-electron chi connectivity index (χ4n) is 3.40. The Labute approximate surface area is 202 Å². The number of anilines is 1. The van der Waals surface area contributed by atoms with E-state index >= 15 is 0 Å². The van der Waals surface area contributed by atoms with Gasteiger partial charge in [-0.15, -0.1) is 10.2 Å². The van der Waals surface area contributed by atoms with Gasteiger partial charge in [0.05, 0.1) is 12.9 Å². The Hall–Kier alpha value is -3.29. The molecule has 0 fully saturated rings. The van der Waals surface area contributed by atoms with Crippen molar-refractivity contribution in [2.24, 2.45) is 0 Å². The molecule has 1 amide bonds. The second-order valence-electron chi connectivity index (χ2n) is 7.20. The Morgan fingerprint density at radius 3 is 2.61 bits per heavy atom. The highest BCUT2D eigenvalue weighted by Gasteiger charge is 2.18. The highest BCUT2D eigenvalue weighted by molar-refractivity contribution is 7.99. The predicted octanol–water partition coefficient (Wildman–Crippen LogP) is 5.89. The van der Waals surface area contributed by atoms with Crippen LogP contribution in [0.2, 0.25) is 5.02 Å². The van der Waals surface area contributed by atoms with Crippen molar-refractivity contribution in [2.75, 3.05) is 18.2 Å². The van der Waals surface area contributed by atoms with Gasteiger partial charge in [0, 0.05) is 22.0 Å². The first-order valence-electron chi connectivity index (χ1n) is 10.5. The molecule has 4 rings (SSSR count). The minimum absolute atomic E-state index is 0.102. The number of aromatic nitrogens is 3. The topological polar surface area (TPSA) is 69.0 Å². The Bertz CT molecular complexity index is 1260. The van der Waals surface area contributed by atoms with Crippen LogP contribution >= 0.6 is 23.4 Å². The van der Waals surface area contributed by atoms with Crippen LogP contribution < -0.4 is 10.1 Å². The zero-order valence-electron chi connectivity index (χ0n) is 18.3. The van der Waals surface area contributed by atoms with Crippen LogP contribution in [-0.2, 0) is 11.2 Å². The van der Waals surface area contributed by atoms with Crippen molar-refractivity contribution < 1.29 is 9.53 Å². The number of halogens is 1. The lowest BCUT2D eigenvalue weighted by atomic mass is 10.1. The van der Waals surface area contributed by atoms with Gasteiger partial charge in [-0.3, -0.25) is 9.36 Å². The van der Waals surface area contributed by atoms with Gasteiger partial charge >= 0.3 is 0 Å². The van der Waals surface area contributed by atoms with Gasteiger partial charge in [0.25, 0.3) is 0 Å². The molecular formula is C25H23ClN4O2S. The number of nitrogens with one attached hydrogen (secondary N) is 1. The molecule has 0 bridgehead atoms. The minimum Gasteiger partial charge on any atom is -0.497 e. The molecule has 1 heterocycles. The lowest BCUT2D eigenvalue weighted by Gasteiger charge is -2.12. The molecule has 1 aromatic heterocycles. The number of ether oxygens (including phenoxy) is 1. The van der Waals surface area contributed by atoms with Crippen molar-refractivity contribution in [1.29, 1.82) is 0 Å². The van der Waals surface area contributed by atoms with Gasteiger partial charge in [-0.1, -0.05) is 60.6 Å². The van der Waals surface area contributed by atoms with Crippen LogP contribution in [0.25, 0.3) is 17.1 Å². The SMILES string of the molecule is CCc1ccccc1NC(=O)CSc1nnc(-c2cccc(OC)c2)n1-c1ccc(Cl)cc1. The number of hydrogen-bond acceptors (Lipinski definition) is 5. The average Bonchev–Trinajstić information content (AvgIpc) is 3.27. The first kappa shape index (κ1) is 22.9. The highest BCUT2D eigenvalue weighted by atomic mass is 35.5. The summed E-state index contributed by atoms with van der Waals surface area (Å²) in [6.07, 6.45) is 0.846. The minimum atomic E-state index is -0.102. The van der Waals surface area contributed by atoms with Gasteiger partial charge in [-0.25, -0.2) is 0 Å². The number of carbonyl (C=O) groups is 1. The fraction of sp³-hybridized carbons (Fsp3) is 0.160. The van der Waals surface area contributed by atoms with Crippen LogP contribution in [0.3, 0.4) is 0 Å². The maximum atomic E-state index is 12.7. The average molecular weight is 479 g/mol. The first-order valence-corrected chi connectivity index (χ1v) is 11.8. The summed E-state index contributed by atoms with van der Waals surface area (Å²) in [5, 5.41) is 13.0. The van der Waals surface area contributed by atoms with E-state index < -0.39 is 0 Å². The van der Waals surface area contributed by atoms with E-state index in [0.717, 1.165) is 34.7 Å². The Morgan fingerprint density at radius 2 is 1.85 bits per heavy atom. The van der Waals surface area contributed by atoms with Crippen LogP contribution in [0.4, 0.5) is 5.69 Å². The Morgan fingerprint density at radius 1 is 1.06 bits per heavy atom. The van der Waals surface area contributed by atoms with Gasteiger partial charge in [0.1, 0.15) is 5.75 Å². The van der Waals surface area contributed by atoms with E-state index in [4.69, 9.17) is 16.3 Å². The molecule has 0 aliphatic heterocycles. The van der Waals surface area contributed by atoms with E-state index in [9.17, 15) is 4.79 Å². The summed E-state index contributed by atoms with van der Waals surface area (Å²) in [5.74, 6) is 1.47. The molecule has 1 N–H and O–H groups in total. The summed E-state index contributed by atoms with van der Waals surface area (Å²) in [6, 6.07) is 22.9. The Balaban J connectivity index is 1.62. The molecule has 0 atom stereocenters. The molecule has 0 spiro atoms. The number of nitrogens with zero attached hydrogens (tertiary/aromatic N) is 3. The number of thioether (sulfide) groups is 1. The number of amides is 1. The number of carbonyl (C=O) groups excluding carboxylic acids is 1. The second-order valence-corrected chi connectivity index (χ2v) is 8.58. The third-order valence-corrected chi connectivity index (χ3v) is 6.23. The number of aryl methyl sites for hydroxylation is 1. The van der Waals surface area contributed by atoms with E-state index in [1.807, 2.05) is 77.4 Å². The molecule has 0 aliphatic carbocycles. The van der Waals surface area contributed by atoms with Gasteiger partial charge < -0.3 is 10.1 Å². The third kappa shape index (κ3) is 5.38. The summed E-state index contributed by atoms with van der Waals surface area (Å²) in [7, 11) is 1.62. The normalized spacial score (nSPS) is 10.8. The summed E-state index contributed by atoms with van der Waals surface area (Å²) in [6.45, 7) is 2.06. The van der Waals surface area contributed by atoms with Crippen molar-refractivity contribution in [3.05, 3.63) is 83.4 Å². The highest BCUT2D eigenvalue weighted by Crippen LogP contribution is 2.30. The molecule has 33 heavy (non-hydrogen) atoms. The van der Waals surface area contributed by atoms with Gasteiger partial charge in [-0.05, 0) is 54.4 Å². The molecule has 6 nitrogen and oxygen atoms in total. The van der Waals surface area contributed by atoms with Crippen molar-refractivity contribution in [3.63, 3.8) is 0 Å². The lowest BCUT2D eigenvalue weighted by Crippen LogP contribution is -2.15. The molecule has 8 heteroatoms. The predicted molar refractivity (Wildman–Crippen MR) is 134 cm³/mol. The first-order chi connectivity index (χ1) is 16.1. The van der Waals surface area contributed by atoms with Crippen molar-refractivity contribution in [1.82, 2.24) is 14.8 Å². The number of para-hydroxylation sites is 1. The molecule has 4 aromatic rings. The largest absolute Gasteiger partial charge is 0.497 e. The smallest absolute Gasteiger partial charge is 0.234 e. The number of rotatable bonds is 8. The monoisotopic (exact) mass is 478 g/mol. The number of benzene rings is 3. The lowest BCUT2D eigenvalue weighted by molar-refractivity contribution is -0.113. The van der Waals surface area contributed by atoms with Crippen LogP contribution in [0.1, 0.15) is 12.5 Å². The molecule has 0 saturated heterocycles. The van der Waals surface area contributed by atoms with Gasteiger partial charge in [0.15, 0.2) is 11.0 Å². The van der Waals surface area contributed by atoms with Crippen molar-refractivity contribution in [3.8, 4) is 22.8 Å². The van der Waals surface area contributed by atoms with E-state index in [2.05, 4.69) is 22.4 Å². The van der Waals surface area contributed by atoms with E-state index in [1.165, 1.54) is 11.8 Å². The Kier molecular flexibility index (Phi) is 7.32. The van der Waals surface area contributed by atoms with Gasteiger partial charge in [0.2, 0.25) is 5.91 Å². The van der Waals surface area contributed by atoms with Crippen molar-refractivity contribution in [2.45, 2.75) is 18.5 Å². The molecule has 168 valence electrons. The summed E-state index contributed by atoms with van der Waals surface area (Å²) in [4.78, 5) is 12.7. The zero-order chi connectivity index (χ0) is 23.2. The maximum absolute atomic E-state index is 12.7. The molecule has 0 saturated carbocycles. The van der Waals surface area contributed by atoms with E-state index in [-0.39, 0.29) is 11.7 Å². The quantitative estimate of drug-likeness (QED) is 0.320. The molecule has 0 radical (unpaired) electrons. The van der Waals surface area contributed by atoms with Crippen LogP contribution in [0.15, 0.2) is 78.0 Å².